The van der Waals surface area contributed by atoms with Gasteiger partial charge in [0.25, 0.3) is 5.91 Å². The first kappa shape index (κ1) is 16.6. The summed E-state index contributed by atoms with van der Waals surface area (Å²) in [5, 5.41) is 10.3. The number of amides is 2. The second kappa shape index (κ2) is 7.18. The summed E-state index contributed by atoms with van der Waals surface area (Å²) in [4.78, 5) is 27.2. The van der Waals surface area contributed by atoms with Crippen molar-refractivity contribution in [2.75, 3.05) is 6.54 Å². The molecule has 3 fully saturated rings. The lowest BCUT2D eigenvalue weighted by Gasteiger charge is -2.39. The minimum Gasteiger partial charge on any atom is -0.348 e. The first-order valence-corrected chi connectivity index (χ1v) is 9.89. The molecular weight excluding hydrogens is 316 g/mol. The van der Waals surface area contributed by atoms with Crippen molar-refractivity contribution >= 4 is 11.8 Å². The lowest BCUT2D eigenvalue weighted by atomic mass is 9.83. The van der Waals surface area contributed by atoms with Gasteiger partial charge in [-0.15, -0.1) is 0 Å². The maximum absolute atomic E-state index is 12.7. The van der Waals surface area contributed by atoms with E-state index in [1.54, 1.807) is 0 Å². The van der Waals surface area contributed by atoms with Crippen molar-refractivity contribution in [2.45, 2.75) is 76.3 Å². The van der Waals surface area contributed by atoms with Crippen LogP contribution < -0.4 is 5.32 Å². The second-order valence-corrected chi connectivity index (χ2v) is 7.83. The second-order valence-electron chi connectivity index (χ2n) is 7.83. The molecule has 4 rings (SSSR count). The predicted molar refractivity (Wildman–Crippen MR) is 94.0 cm³/mol. The fraction of sp³-hybridized carbons (Fsp3) is 0.737. The molecule has 0 spiro atoms. The van der Waals surface area contributed by atoms with Gasteiger partial charge in [-0.05, 0) is 51.0 Å². The number of H-pyrrole nitrogens is 1. The number of hydrogen-bond donors (Lipinski definition) is 2. The van der Waals surface area contributed by atoms with Crippen molar-refractivity contribution < 1.29 is 9.59 Å². The Balaban J connectivity index is 1.45. The molecule has 6 heteroatoms. The van der Waals surface area contributed by atoms with Gasteiger partial charge in [0.15, 0.2) is 0 Å². The largest absolute Gasteiger partial charge is 0.348 e. The van der Waals surface area contributed by atoms with E-state index in [0.717, 1.165) is 57.2 Å². The molecule has 2 heterocycles. The van der Waals surface area contributed by atoms with E-state index in [-0.39, 0.29) is 17.9 Å². The monoisotopic (exact) mass is 344 g/mol. The first-order valence-electron chi connectivity index (χ1n) is 9.89. The number of carbonyl (C=O) groups is 2. The highest BCUT2D eigenvalue weighted by Gasteiger charge is 2.35. The highest BCUT2D eigenvalue weighted by atomic mass is 16.2. The summed E-state index contributed by atoms with van der Waals surface area (Å²) in [6.07, 6.45) is 10.9. The van der Waals surface area contributed by atoms with Gasteiger partial charge in [0.05, 0.1) is 11.7 Å². The summed E-state index contributed by atoms with van der Waals surface area (Å²) in [5.41, 5.74) is 1.35. The van der Waals surface area contributed by atoms with Crippen molar-refractivity contribution in [3.8, 4) is 0 Å². The third kappa shape index (κ3) is 3.44. The van der Waals surface area contributed by atoms with Crippen LogP contribution in [-0.4, -0.2) is 39.5 Å². The summed E-state index contributed by atoms with van der Waals surface area (Å²) >= 11 is 0. The van der Waals surface area contributed by atoms with E-state index in [9.17, 15) is 9.59 Å². The van der Waals surface area contributed by atoms with Gasteiger partial charge in [-0.3, -0.25) is 14.7 Å². The van der Waals surface area contributed by atoms with Crippen LogP contribution in [0.25, 0.3) is 0 Å². The van der Waals surface area contributed by atoms with Crippen LogP contribution in [0.4, 0.5) is 0 Å². The van der Waals surface area contributed by atoms with Crippen molar-refractivity contribution in [3.05, 3.63) is 17.5 Å². The number of aromatic nitrogens is 2. The van der Waals surface area contributed by atoms with E-state index in [1.807, 2.05) is 11.0 Å². The van der Waals surface area contributed by atoms with Gasteiger partial charge in [0.2, 0.25) is 5.91 Å². The number of likely N-dealkylation sites (tertiary alicyclic amines) is 1. The summed E-state index contributed by atoms with van der Waals surface area (Å²) in [5.74, 6) is 0.415. The average Bonchev–Trinajstić information content (AvgIpc) is 3.24. The van der Waals surface area contributed by atoms with E-state index in [1.165, 1.54) is 19.3 Å². The molecule has 1 atom stereocenters. The standard InChI is InChI=1S/C19H28N4O2/c24-18(20-14-8-1-2-9-14)16-12-15(21-22-16)17-10-3-4-11-23(17)19(25)13-6-5-7-13/h12-14,17H,1-11H2,(H,20,24)(H,21,22). The molecule has 1 saturated heterocycles. The van der Waals surface area contributed by atoms with Crippen LogP contribution in [0.1, 0.15) is 86.4 Å². The minimum atomic E-state index is -0.0953. The zero-order chi connectivity index (χ0) is 17.2. The summed E-state index contributed by atoms with van der Waals surface area (Å²) < 4.78 is 0. The third-order valence-corrected chi connectivity index (χ3v) is 6.12. The highest BCUT2D eigenvalue weighted by Crippen LogP contribution is 2.35. The Morgan fingerprint density at radius 2 is 1.80 bits per heavy atom. The average molecular weight is 344 g/mol. The summed E-state index contributed by atoms with van der Waals surface area (Å²) in [7, 11) is 0. The zero-order valence-corrected chi connectivity index (χ0v) is 14.8. The van der Waals surface area contributed by atoms with Gasteiger partial charge < -0.3 is 10.2 Å². The van der Waals surface area contributed by atoms with Crippen LogP contribution in [0.5, 0.6) is 0 Å². The van der Waals surface area contributed by atoms with E-state index >= 15 is 0 Å². The molecule has 0 aromatic carbocycles. The molecule has 2 aliphatic carbocycles. The predicted octanol–water partition coefficient (Wildman–Crippen LogP) is 2.94. The van der Waals surface area contributed by atoms with Crippen molar-refractivity contribution in [3.63, 3.8) is 0 Å². The molecule has 1 unspecified atom stereocenters. The van der Waals surface area contributed by atoms with Crippen LogP contribution in [0.15, 0.2) is 6.07 Å². The summed E-state index contributed by atoms with van der Waals surface area (Å²) in [6, 6.07) is 2.18. The quantitative estimate of drug-likeness (QED) is 0.881. The molecular formula is C19H28N4O2. The zero-order valence-electron chi connectivity index (χ0n) is 14.8. The number of rotatable bonds is 4. The van der Waals surface area contributed by atoms with Crippen LogP contribution in [0.2, 0.25) is 0 Å². The normalized spacial score (nSPS) is 25.0. The highest BCUT2D eigenvalue weighted by molar-refractivity contribution is 5.92. The summed E-state index contributed by atoms with van der Waals surface area (Å²) in [6.45, 7) is 0.822. The molecule has 25 heavy (non-hydrogen) atoms. The molecule has 6 nitrogen and oxygen atoms in total. The van der Waals surface area contributed by atoms with Crippen LogP contribution in [0.3, 0.4) is 0 Å². The molecule has 1 aromatic heterocycles. The Kier molecular flexibility index (Phi) is 4.77. The molecule has 136 valence electrons. The molecule has 1 aromatic rings. The fourth-order valence-corrected chi connectivity index (χ4v) is 4.36. The number of nitrogens with zero attached hydrogens (tertiary/aromatic N) is 2. The Morgan fingerprint density at radius 3 is 2.52 bits per heavy atom. The van der Waals surface area contributed by atoms with Gasteiger partial charge in [-0.1, -0.05) is 19.3 Å². The maximum Gasteiger partial charge on any atom is 0.271 e. The Labute approximate surface area is 148 Å². The molecule has 2 amide bonds. The van der Waals surface area contributed by atoms with E-state index in [0.29, 0.717) is 17.6 Å². The number of nitrogens with one attached hydrogen (secondary N) is 2. The van der Waals surface area contributed by atoms with Crippen LogP contribution in [0, 0.1) is 5.92 Å². The molecule has 2 saturated carbocycles. The number of piperidine rings is 1. The van der Waals surface area contributed by atoms with E-state index in [4.69, 9.17) is 0 Å². The van der Waals surface area contributed by atoms with E-state index in [2.05, 4.69) is 15.5 Å². The van der Waals surface area contributed by atoms with Gasteiger partial charge in [0, 0.05) is 18.5 Å². The topological polar surface area (TPSA) is 78.1 Å². The van der Waals surface area contributed by atoms with Crippen molar-refractivity contribution in [1.82, 2.24) is 20.4 Å². The molecule has 1 aliphatic heterocycles. The smallest absolute Gasteiger partial charge is 0.271 e. The molecule has 0 radical (unpaired) electrons. The lowest BCUT2D eigenvalue weighted by molar-refractivity contribution is -0.142. The van der Waals surface area contributed by atoms with Crippen LogP contribution >= 0.6 is 0 Å². The lowest BCUT2D eigenvalue weighted by Crippen LogP contribution is -2.43. The van der Waals surface area contributed by atoms with E-state index < -0.39 is 0 Å². The molecule has 0 bridgehead atoms. The van der Waals surface area contributed by atoms with Crippen molar-refractivity contribution in [1.29, 1.82) is 0 Å². The van der Waals surface area contributed by atoms with Gasteiger partial charge in [-0.2, -0.15) is 5.10 Å². The maximum atomic E-state index is 12.7. The first-order chi connectivity index (χ1) is 12.2. The third-order valence-electron chi connectivity index (χ3n) is 6.12. The molecule has 3 aliphatic rings. The SMILES string of the molecule is O=C(NC1CCCC1)c1cc(C2CCCCN2C(=O)C2CCC2)[nH]n1. The van der Waals surface area contributed by atoms with Gasteiger partial charge >= 0.3 is 0 Å². The van der Waals surface area contributed by atoms with Gasteiger partial charge in [0.1, 0.15) is 5.69 Å². The number of carbonyl (C=O) groups excluding carboxylic acids is 2. The molecule has 2 N–H and O–H groups in total. The van der Waals surface area contributed by atoms with Gasteiger partial charge in [-0.25, -0.2) is 0 Å². The fourth-order valence-electron chi connectivity index (χ4n) is 4.36. The van der Waals surface area contributed by atoms with Crippen molar-refractivity contribution in [2.24, 2.45) is 5.92 Å². The number of aromatic amines is 1. The Bertz CT molecular complexity index is 631. The Hall–Kier alpha value is -1.85. The van der Waals surface area contributed by atoms with Crippen LogP contribution in [-0.2, 0) is 4.79 Å². The number of hydrogen-bond acceptors (Lipinski definition) is 3. The minimum absolute atomic E-state index is 0.0439. The Morgan fingerprint density at radius 1 is 1.04 bits per heavy atom.